The standard InChI is InChI=1S/C16H25NO4/c1-13(2)20-11-3-5-16(19)17-14-6-8-15(9-7-14)21-12-4-10-18/h6-9,13,18H,3-5,10-12H2,1-2H3,(H,17,19). The molecule has 0 aliphatic rings. The summed E-state index contributed by atoms with van der Waals surface area (Å²) in [5.41, 5.74) is 0.749. The Labute approximate surface area is 126 Å². The topological polar surface area (TPSA) is 67.8 Å². The van der Waals surface area contributed by atoms with Crippen LogP contribution in [0.15, 0.2) is 24.3 Å². The van der Waals surface area contributed by atoms with E-state index in [2.05, 4.69) is 5.32 Å². The molecule has 0 saturated carbocycles. The van der Waals surface area contributed by atoms with Gasteiger partial charge >= 0.3 is 0 Å². The van der Waals surface area contributed by atoms with Gasteiger partial charge in [-0.3, -0.25) is 4.79 Å². The summed E-state index contributed by atoms with van der Waals surface area (Å²) in [5, 5.41) is 11.5. The Kier molecular flexibility index (Phi) is 8.47. The van der Waals surface area contributed by atoms with Gasteiger partial charge in [-0.05, 0) is 44.5 Å². The van der Waals surface area contributed by atoms with Gasteiger partial charge in [0, 0.05) is 31.7 Å². The summed E-state index contributed by atoms with van der Waals surface area (Å²) in [6.45, 7) is 5.16. The van der Waals surface area contributed by atoms with Gasteiger partial charge in [-0.15, -0.1) is 0 Å². The average molecular weight is 295 g/mol. The van der Waals surface area contributed by atoms with Crippen LogP contribution in [-0.4, -0.2) is 36.9 Å². The molecule has 0 unspecified atom stereocenters. The van der Waals surface area contributed by atoms with E-state index < -0.39 is 0 Å². The molecule has 0 spiro atoms. The first-order valence-electron chi connectivity index (χ1n) is 7.37. The van der Waals surface area contributed by atoms with E-state index in [0.717, 1.165) is 11.4 Å². The van der Waals surface area contributed by atoms with Gasteiger partial charge in [-0.1, -0.05) is 0 Å². The number of anilines is 1. The second kappa shape index (κ2) is 10.2. The molecule has 0 heterocycles. The maximum Gasteiger partial charge on any atom is 0.224 e. The molecule has 0 bridgehead atoms. The number of ether oxygens (including phenoxy) is 2. The highest BCUT2D eigenvalue weighted by Crippen LogP contribution is 2.16. The average Bonchev–Trinajstić information content (AvgIpc) is 2.45. The van der Waals surface area contributed by atoms with Gasteiger partial charge in [-0.25, -0.2) is 0 Å². The van der Waals surface area contributed by atoms with Crippen molar-refractivity contribution in [3.63, 3.8) is 0 Å². The quantitative estimate of drug-likeness (QED) is 0.651. The minimum atomic E-state index is -0.0173. The number of nitrogens with one attached hydrogen (secondary N) is 1. The molecule has 0 fully saturated rings. The molecule has 1 amide bonds. The number of amides is 1. The zero-order valence-corrected chi connectivity index (χ0v) is 12.8. The van der Waals surface area contributed by atoms with E-state index in [1.165, 1.54) is 0 Å². The fraction of sp³-hybridized carbons (Fsp3) is 0.562. The van der Waals surface area contributed by atoms with Crippen LogP contribution >= 0.6 is 0 Å². The molecule has 1 aromatic carbocycles. The summed E-state index contributed by atoms with van der Waals surface area (Å²) in [5.74, 6) is 0.711. The number of hydrogen-bond donors (Lipinski definition) is 2. The zero-order chi connectivity index (χ0) is 15.5. The Hall–Kier alpha value is -1.59. The van der Waals surface area contributed by atoms with Crippen LogP contribution in [0.3, 0.4) is 0 Å². The molecule has 0 atom stereocenters. The van der Waals surface area contributed by atoms with E-state index in [4.69, 9.17) is 14.6 Å². The molecule has 2 N–H and O–H groups in total. The molecule has 118 valence electrons. The van der Waals surface area contributed by atoms with Gasteiger partial charge in [0.05, 0.1) is 12.7 Å². The minimum absolute atomic E-state index is 0.0173. The van der Waals surface area contributed by atoms with Crippen molar-refractivity contribution in [2.75, 3.05) is 25.1 Å². The SMILES string of the molecule is CC(C)OCCCC(=O)Nc1ccc(OCCCO)cc1. The maximum atomic E-state index is 11.7. The van der Waals surface area contributed by atoms with Crippen molar-refractivity contribution in [1.82, 2.24) is 0 Å². The van der Waals surface area contributed by atoms with Gasteiger partial charge in [-0.2, -0.15) is 0 Å². The number of benzene rings is 1. The van der Waals surface area contributed by atoms with Crippen molar-refractivity contribution in [2.45, 2.75) is 39.2 Å². The second-order valence-corrected chi connectivity index (χ2v) is 5.02. The number of aliphatic hydroxyl groups is 1. The van der Waals surface area contributed by atoms with Gasteiger partial charge in [0.25, 0.3) is 0 Å². The molecule has 5 heteroatoms. The fourth-order valence-corrected chi connectivity index (χ4v) is 1.66. The van der Waals surface area contributed by atoms with E-state index >= 15 is 0 Å². The lowest BCUT2D eigenvalue weighted by Gasteiger charge is -2.09. The first kappa shape index (κ1) is 17.5. The van der Waals surface area contributed by atoms with Crippen molar-refractivity contribution >= 4 is 11.6 Å². The fourth-order valence-electron chi connectivity index (χ4n) is 1.66. The molecule has 1 rings (SSSR count). The highest BCUT2D eigenvalue weighted by atomic mass is 16.5. The highest BCUT2D eigenvalue weighted by molar-refractivity contribution is 5.90. The van der Waals surface area contributed by atoms with E-state index in [0.29, 0.717) is 32.5 Å². The van der Waals surface area contributed by atoms with Crippen LogP contribution in [0.25, 0.3) is 0 Å². The van der Waals surface area contributed by atoms with E-state index in [9.17, 15) is 4.79 Å². The van der Waals surface area contributed by atoms with Crippen molar-refractivity contribution in [3.8, 4) is 5.75 Å². The zero-order valence-electron chi connectivity index (χ0n) is 12.8. The van der Waals surface area contributed by atoms with Crippen LogP contribution in [0.4, 0.5) is 5.69 Å². The number of rotatable bonds is 10. The number of carbonyl (C=O) groups excluding carboxylic acids is 1. The van der Waals surface area contributed by atoms with Crippen LogP contribution in [0.1, 0.15) is 33.1 Å². The lowest BCUT2D eigenvalue weighted by atomic mass is 10.2. The largest absolute Gasteiger partial charge is 0.494 e. The normalized spacial score (nSPS) is 10.7. The summed E-state index contributed by atoms with van der Waals surface area (Å²) >= 11 is 0. The van der Waals surface area contributed by atoms with Crippen molar-refractivity contribution < 1.29 is 19.4 Å². The molecular formula is C16H25NO4. The third-order valence-corrected chi connectivity index (χ3v) is 2.71. The monoisotopic (exact) mass is 295 g/mol. The maximum absolute atomic E-state index is 11.7. The number of aliphatic hydroxyl groups excluding tert-OH is 1. The van der Waals surface area contributed by atoms with Crippen LogP contribution in [0.2, 0.25) is 0 Å². The molecule has 1 aromatic rings. The molecule has 0 saturated heterocycles. The molecule has 0 radical (unpaired) electrons. The van der Waals surface area contributed by atoms with Crippen LogP contribution in [0.5, 0.6) is 5.75 Å². The van der Waals surface area contributed by atoms with Gasteiger partial charge < -0.3 is 19.9 Å². The summed E-state index contributed by atoms with van der Waals surface area (Å²) in [6, 6.07) is 7.21. The van der Waals surface area contributed by atoms with E-state index in [-0.39, 0.29) is 18.6 Å². The summed E-state index contributed by atoms with van der Waals surface area (Å²) in [4.78, 5) is 11.7. The highest BCUT2D eigenvalue weighted by Gasteiger charge is 2.03. The predicted molar refractivity (Wildman–Crippen MR) is 82.6 cm³/mol. The first-order valence-corrected chi connectivity index (χ1v) is 7.37. The Morgan fingerprint density at radius 3 is 2.52 bits per heavy atom. The Bertz CT molecular complexity index is 403. The van der Waals surface area contributed by atoms with E-state index in [1.54, 1.807) is 24.3 Å². The predicted octanol–water partition coefficient (Wildman–Crippen LogP) is 2.59. The Morgan fingerprint density at radius 2 is 1.90 bits per heavy atom. The van der Waals surface area contributed by atoms with Crippen molar-refractivity contribution in [3.05, 3.63) is 24.3 Å². The second-order valence-electron chi connectivity index (χ2n) is 5.02. The van der Waals surface area contributed by atoms with Crippen LogP contribution < -0.4 is 10.1 Å². The van der Waals surface area contributed by atoms with Crippen LogP contribution in [-0.2, 0) is 9.53 Å². The molecular weight excluding hydrogens is 270 g/mol. The summed E-state index contributed by atoms with van der Waals surface area (Å²) in [7, 11) is 0. The lowest BCUT2D eigenvalue weighted by Crippen LogP contribution is -2.13. The van der Waals surface area contributed by atoms with Gasteiger partial charge in [0.1, 0.15) is 5.75 Å². The number of hydrogen-bond acceptors (Lipinski definition) is 4. The van der Waals surface area contributed by atoms with Gasteiger partial charge in [0.2, 0.25) is 5.91 Å². The van der Waals surface area contributed by atoms with Crippen LogP contribution in [0, 0.1) is 0 Å². The van der Waals surface area contributed by atoms with E-state index in [1.807, 2.05) is 13.8 Å². The van der Waals surface area contributed by atoms with Gasteiger partial charge in [0.15, 0.2) is 0 Å². The molecule has 0 aliphatic heterocycles. The summed E-state index contributed by atoms with van der Waals surface area (Å²) in [6.07, 6.45) is 1.97. The molecule has 0 aromatic heterocycles. The summed E-state index contributed by atoms with van der Waals surface area (Å²) < 4.78 is 10.8. The minimum Gasteiger partial charge on any atom is -0.494 e. The first-order chi connectivity index (χ1) is 10.1. The third-order valence-electron chi connectivity index (χ3n) is 2.71. The van der Waals surface area contributed by atoms with Crippen molar-refractivity contribution in [1.29, 1.82) is 0 Å². The smallest absolute Gasteiger partial charge is 0.224 e. The Morgan fingerprint density at radius 1 is 1.19 bits per heavy atom. The molecule has 21 heavy (non-hydrogen) atoms. The van der Waals surface area contributed by atoms with Crippen molar-refractivity contribution in [2.24, 2.45) is 0 Å². The number of carbonyl (C=O) groups is 1. The lowest BCUT2D eigenvalue weighted by molar-refractivity contribution is -0.116. The molecule has 5 nitrogen and oxygen atoms in total. The Balaban J connectivity index is 2.26. The third kappa shape index (κ3) is 8.32. The molecule has 0 aliphatic carbocycles.